The molecule has 2 heterocycles. The number of halogens is 2. The van der Waals surface area contributed by atoms with Gasteiger partial charge in [-0.05, 0) is 17.7 Å². The van der Waals surface area contributed by atoms with Gasteiger partial charge in [-0.15, -0.1) is 34.2 Å². The van der Waals surface area contributed by atoms with E-state index in [4.69, 9.17) is 21.3 Å². The Labute approximate surface area is 207 Å². The molecule has 0 saturated carbocycles. The number of nitrogens with one attached hydrogen (secondary N) is 1. The molecule has 1 saturated heterocycles. The van der Waals surface area contributed by atoms with E-state index >= 15 is 0 Å². The normalized spacial score (nSPS) is 15.1. The summed E-state index contributed by atoms with van der Waals surface area (Å²) in [6, 6.07) is 8.11. The zero-order chi connectivity index (χ0) is 21.2. The van der Waals surface area contributed by atoms with E-state index in [1.54, 1.807) is 13.4 Å². The molecule has 31 heavy (non-hydrogen) atoms. The number of hydrogen-bond acceptors (Lipinski definition) is 5. The molecule has 10 heteroatoms. The van der Waals surface area contributed by atoms with Crippen LogP contribution in [0.3, 0.4) is 0 Å². The Morgan fingerprint density at radius 3 is 2.77 bits per heavy atom. The lowest BCUT2D eigenvalue weighted by atomic mass is 10.2. The molecule has 8 nitrogen and oxygen atoms in total. The van der Waals surface area contributed by atoms with Crippen LogP contribution in [0.1, 0.15) is 18.3 Å². The fourth-order valence-corrected chi connectivity index (χ4v) is 3.76. The molecule has 1 aliphatic rings. The lowest BCUT2D eigenvalue weighted by molar-refractivity contribution is 0.171. The van der Waals surface area contributed by atoms with Crippen LogP contribution in [0.5, 0.6) is 0 Å². The van der Waals surface area contributed by atoms with Crippen LogP contribution in [0.4, 0.5) is 0 Å². The Balaban J connectivity index is 0.00000341. The van der Waals surface area contributed by atoms with E-state index in [0.717, 1.165) is 69.0 Å². The summed E-state index contributed by atoms with van der Waals surface area (Å²) in [7, 11) is 1.70. The minimum atomic E-state index is 0. The molecule has 172 valence electrons. The summed E-state index contributed by atoms with van der Waals surface area (Å²) in [6.45, 7) is 9.72. The third-order valence-electron chi connectivity index (χ3n) is 5.17. The van der Waals surface area contributed by atoms with E-state index in [1.807, 2.05) is 18.2 Å². The van der Waals surface area contributed by atoms with Gasteiger partial charge in [0.1, 0.15) is 12.2 Å². The maximum absolute atomic E-state index is 6.12. The molecule has 1 N–H and O–H groups in total. The van der Waals surface area contributed by atoms with Gasteiger partial charge in [0.2, 0.25) is 0 Å². The average Bonchev–Trinajstić information content (AvgIpc) is 3.21. The molecule has 0 radical (unpaired) electrons. The summed E-state index contributed by atoms with van der Waals surface area (Å²) in [4.78, 5) is 9.54. The maximum Gasteiger partial charge on any atom is 0.194 e. The van der Waals surface area contributed by atoms with E-state index < -0.39 is 0 Å². The predicted molar refractivity (Wildman–Crippen MR) is 135 cm³/mol. The third-order valence-corrected chi connectivity index (χ3v) is 5.41. The summed E-state index contributed by atoms with van der Waals surface area (Å²) >= 11 is 6.12. The zero-order valence-electron chi connectivity index (χ0n) is 18.3. The Bertz CT molecular complexity index is 809. The van der Waals surface area contributed by atoms with Gasteiger partial charge in [-0.25, -0.2) is 0 Å². The summed E-state index contributed by atoms with van der Waals surface area (Å²) in [5.41, 5.74) is 1.25. The van der Waals surface area contributed by atoms with E-state index in [1.165, 1.54) is 5.56 Å². The zero-order valence-corrected chi connectivity index (χ0v) is 21.4. The number of benzene rings is 1. The molecule has 1 aromatic carbocycles. The second-order valence-electron chi connectivity index (χ2n) is 7.31. The largest absolute Gasteiger partial charge is 0.383 e. The molecule has 0 unspecified atom stereocenters. The number of aryl methyl sites for hydroxylation is 1. The fraction of sp³-hybridized carbons (Fsp3) is 0.571. The lowest BCUT2D eigenvalue weighted by Gasteiger charge is -2.36. The van der Waals surface area contributed by atoms with Crippen LogP contribution in [0, 0.1) is 0 Å². The quantitative estimate of drug-likeness (QED) is 0.220. The van der Waals surface area contributed by atoms with Crippen molar-refractivity contribution in [3.05, 3.63) is 47.0 Å². The van der Waals surface area contributed by atoms with Gasteiger partial charge in [0.15, 0.2) is 5.96 Å². The van der Waals surface area contributed by atoms with Gasteiger partial charge in [-0.3, -0.25) is 9.89 Å². The van der Waals surface area contributed by atoms with E-state index in [2.05, 4.69) is 42.9 Å². The number of aliphatic imine (C=N–C) groups is 1. The highest BCUT2D eigenvalue weighted by Crippen LogP contribution is 2.14. The highest BCUT2D eigenvalue weighted by molar-refractivity contribution is 14.0. The van der Waals surface area contributed by atoms with Crippen molar-refractivity contribution in [3.63, 3.8) is 0 Å². The molecular formula is C21H33ClIN7O. The number of aromatic nitrogens is 3. The van der Waals surface area contributed by atoms with Gasteiger partial charge in [-0.1, -0.05) is 30.7 Å². The maximum atomic E-state index is 6.12. The van der Waals surface area contributed by atoms with Gasteiger partial charge < -0.3 is 19.5 Å². The Morgan fingerprint density at radius 1 is 1.26 bits per heavy atom. The van der Waals surface area contributed by atoms with Crippen molar-refractivity contribution < 1.29 is 4.74 Å². The minimum absolute atomic E-state index is 0. The molecular weight excluding hydrogens is 529 g/mol. The smallest absolute Gasteiger partial charge is 0.194 e. The highest BCUT2D eigenvalue weighted by Gasteiger charge is 2.20. The molecule has 0 amide bonds. The average molecular weight is 562 g/mol. The molecule has 2 aromatic rings. The minimum Gasteiger partial charge on any atom is -0.383 e. The SMILES string of the molecule is CCc1nncn1CCNC(=NCCOC)N1CCN(Cc2cccc(Cl)c2)CC1.I. The standard InChI is InChI=1S/C21H32ClN7O.HI/c1-3-20-26-25-17-29(20)9-7-23-21(24-8-14-30-2)28-12-10-27(11-13-28)16-18-5-4-6-19(22)15-18;/h4-6,15,17H,3,7-14,16H2,1-2H3,(H,23,24);1H. The summed E-state index contributed by atoms with van der Waals surface area (Å²) in [5, 5.41) is 12.5. The number of piperazine rings is 1. The van der Waals surface area contributed by atoms with Gasteiger partial charge in [0.05, 0.1) is 13.2 Å². The summed E-state index contributed by atoms with van der Waals surface area (Å²) in [5.74, 6) is 1.95. The highest BCUT2D eigenvalue weighted by atomic mass is 127. The first-order valence-corrected chi connectivity index (χ1v) is 10.9. The Kier molecular flexibility index (Phi) is 11.6. The van der Waals surface area contributed by atoms with Gasteiger partial charge in [0, 0.05) is 64.4 Å². The fourth-order valence-electron chi connectivity index (χ4n) is 3.55. The van der Waals surface area contributed by atoms with E-state index in [9.17, 15) is 0 Å². The van der Waals surface area contributed by atoms with Gasteiger partial charge in [0.25, 0.3) is 0 Å². The summed E-state index contributed by atoms with van der Waals surface area (Å²) < 4.78 is 7.26. The second-order valence-corrected chi connectivity index (χ2v) is 7.75. The molecule has 0 aliphatic carbocycles. The number of guanidine groups is 1. The Hall–Kier alpha value is -1.43. The van der Waals surface area contributed by atoms with Crippen LogP contribution in [-0.2, 0) is 24.2 Å². The van der Waals surface area contributed by atoms with Crippen molar-refractivity contribution in [2.75, 3.05) is 53.0 Å². The summed E-state index contributed by atoms with van der Waals surface area (Å²) in [6.07, 6.45) is 2.67. The number of ether oxygens (including phenoxy) is 1. The monoisotopic (exact) mass is 561 g/mol. The van der Waals surface area contributed by atoms with Gasteiger partial charge in [-0.2, -0.15) is 0 Å². The first-order chi connectivity index (χ1) is 14.7. The van der Waals surface area contributed by atoms with Crippen LogP contribution < -0.4 is 5.32 Å². The van der Waals surface area contributed by atoms with Crippen molar-refractivity contribution in [2.24, 2.45) is 4.99 Å². The van der Waals surface area contributed by atoms with Crippen LogP contribution in [0.25, 0.3) is 0 Å². The van der Waals surface area contributed by atoms with Crippen molar-refractivity contribution >= 4 is 41.5 Å². The van der Waals surface area contributed by atoms with Crippen LogP contribution in [0.2, 0.25) is 5.02 Å². The van der Waals surface area contributed by atoms with Gasteiger partial charge >= 0.3 is 0 Å². The molecule has 0 spiro atoms. The van der Waals surface area contributed by atoms with Crippen LogP contribution in [-0.4, -0.2) is 83.5 Å². The number of nitrogens with zero attached hydrogens (tertiary/aromatic N) is 6. The van der Waals surface area contributed by atoms with Crippen molar-refractivity contribution in [1.82, 2.24) is 29.9 Å². The third kappa shape index (κ3) is 8.21. The topological polar surface area (TPSA) is 70.8 Å². The Morgan fingerprint density at radius 2 is 2.06 bits per heavy atom. The van der Waals surface area contributed by atoms with Crippen molar-refractivity contribution in [3.8, 4) is 0 Å². The molecule has 0 bridgehead atoms. The number of hydrogen-bond donors (Lipinski definition) is 1. The predicted octanol–water partition coefficient (Wildman–Crippen LogP) is 2.52. The molecule has 1 fully saturated rings. The van der Waals surface area contributed by atoms with Crippen LogP contribution in [0.15, 0.2) is 35.6 Å². The number of methoxy groups -OCH3 is 1. The molecule has 1 aromatic heterocycles. The first-order valence-electron chi connectivity index (χ1n) is 10.5. The number of rotatable bonds is 9. The van der Waals surface area contributed by atoms with Crippen molar-refractivity contribution in [2.45, 2.75) is 26.4 Å². The first kappa shape index (κ1) is 25.8. The van der Waals surface area contributed by atoms with E-state index in [-0.39, 0.29) is 24.0 Å². The second kappa shape index (κ2) is 13.9. The molecule has 1 aliphatic heterocycles. The van der Waals surface area contributed by atoms with Crippen LogP contribution >= 0.6 is 35.6 Å². The van der Waals surface area contributed by atoms with Crippen molar-refractivity contribution in [1.29, 1.82) is 0 Å². The molecule has 0 atom stereocenters. The lowest BCUT2D eigenvalue weighted by Crippen LogP contribution is -2.52. The van der Waals surface area contributed by atoms with E-state index in [0.29, 0.717) is 13.2 Å². The molecule has 3 rings (SSSR count).